The van der Waals surface area contributed by atoms with E-state index in [1.54, 1.807) is 7.11 Å². The zero-order chi connectivity index (χ0) is 12.5. The predicted molar refractivity (Wildman–Crippen MR) is 69.1 cm³/mol. The molecular weight excluding hydrogens is 228 g/mol. The molecule has 98 valence electrons. The summed E-state index contributed by atoms with van der Waals surface area (Å²) in [5.41, 5.74) is 4.14. The summed E-state index contributed by atoms with van der Waals surface area (Å²) in [6.45, 7) is 0. The molecule has 3 N–H and O–H groups in total. The molecule has 4 atom stereocenters. The van der Waals surface area contributed by atoms with Gasteiger partial charge in [0, 0.05) is 5.92 Å². The molecule has 3 rings (SSSR count). The molecule has 0 aliphatic carbocycles. The molecule has 1 aromatic rings. The van der Waals surface area contributed by atoms with E-state index in [1.807, 2.05) is 12.1 Å². The van der Waals surface area contributed by atoms with E-state index in [0.717, 1.165) is 18.6 Å². The SMILES string of the molecule is COc1cccc(C(NN)C2CC3CCC2O3)c1. The van der Waals surface area contributed by atoms with E-state index >= 15 is 0 Å². The molecule has 0 aromatic heterocycles. The Morgan fingerprint density at radius 2 is 2.33 bits per heavy atom. The van der Waals surface area contributed by atoms with Gasteiger partial charge in [-0.1, -0.05) is 12.1 Å². The van der Waals surface area contributed by atoms with Crippen molar-refractivity contribution in [3.63, 3.8) is 0 Å². The first-order valence-electron chi connectivity index (χ1n) is 6.57. The van der Waals surface area contributed by atoms with Crippen molar-refractivity contribution in [2.45, 2.75) is 37.5 Å². The van der Waals surface area contributed by atoms with Gasteiger partial charge in [0.15, 0.2) is 0 Å². The van der Waals surface area contributed by atoms with Crippen LogP contribution in [0.5, 0.6) is 5.75 Å². The van der Waals surface area contributed by atoms with Crippen molar-refractivity contribution >= 4 is 0 Å². The predicted octanol–water partition coefficient (Wildman–Crippen LogP) is 1.77. The maximum Gasteiger partial charge on any atom is 0.119 e. The van der Waals surface area contributed by atoms with Gasteiger partial charge in [-0.05, 0) is 37.0 Å². The minimum absolute atomic E-state index is 0.149. The first-order chi connectivity index (χ1) is 8.81. The minimum atomic E-state index is 0.149. The Labute approximate surface area is 107 Å². The van der Waals surface area contributed by atoms with Gasteiger partial charge in [-0.15, -0.1) is 0 Å². The lowest BCUT2D eigenvalue weighted by Gasteiger charge is -2.28. The highest BCUT2D eigenvalue weighted by Gasteiger charge is 2.44. The van der Waals surface area contributed by atoms with Crippen LogP contribution in [0.3, 0.4) is 0 Å². The van der Waals surface area contributed by atoms with Crippen LogP contribution in [0.4, 0.5) is 0 Å². The Hall–Kier alpha value is -1.10. The molecule has 4 nitrogen and oxygen atoms in total. The van der Waals surface area contributed by atoms with Crippen LogP contribution in [0.15, 0.2) is 24.3 Å². The highest BCUT2D eigenvalue weighted by atomic mass is 16.5. The molecule has 2 saturated heterocycles. The molecular formula is C14H20N2O2. The topological polar surface area (TPSA) is 56.5 Å². The van der Waals surface area contributed by atoms with Gasteiger partial charge in [0.1, 0.15) is 5.75 Å². The van der Waals surface area contributed by atoms with Crippen molar-refractivity contribution in [3.05, 3.63) is 29.8 Å². The van der Waals surface area contributed by atoms with Crippen LogP contribution in [0.1, 0.15) is 30.9 Å². The van der Waals surface area contributed by atoms with Crippen LogP contribution >= 0.6 is 0 Å². The molecule has 18 heavy (non-hydrogen) atoms. The number of nitrogens with two attached hydrogens (primary N) is 1. The average molecular weight is 248 g/mol. The Morgan fingerprint density at radius 1 is 1.44 bits per heavy atom. The number of hydrogen-bond acceptors (Lipinski definition) is 4. The second-order valence-electron chi connectivity index (χ2n) is 5.19. The zero-order valence-electron chi connectivity index (χ0n) is 10.6. The third-order valence-electron chi connectivity index (χ3n) is 4.21. The van der Waals surface area contributed by atoms with Crippen LogP contribution in [0.2, 0.25) is 0 Å². The number of hydrazine groups is 1. The molecule has 2 bridgehead atoms. The van der Waals surface area contributed by atoms with E-state index in [1.165, 1.54) is 12.0 Å². The summed E-state index contributed by atoms with van der Waals surface area (Å²) in [7, 11) is 1.69. The van der Waals surface area contributed by atoms with Crippen molar-refractivity contribution in [2.75, 3.05) is 7.11 Å². The molecule has 0 spiro atoms. The van der Waals surface area contributed by atoms with Crippen molar-refractivity contribution in [2.24, 2.45) is 11.8 Å². The Bertz CT molecular complexity index is 424. The van der Waals surface area contributed by atoms with Gasteiger partial charge in [0.2, 0.25) is 0 Å². The van der Waals surface area contributed by atoms with E-state index in [9.17, 15) is 0 Å². The van der Waals surface area contributed by atoms with Crippen LogP contribution < -0.4 is 16.0 Å². The summed E-state index contributed by atoms with van der Waals surface area (Å²) in [5, 5.41) is 0. The smallest absolute Gasteiger partial charge is 0.119 e. The fourth-order valence-electron chi connectivity index (χ4n) is 3.33. The summed E-state index contributed by atoms with van der Waals surface area (Å²) in [5.74, 6) is 7.11. The summed E-state index contributed by atoms with van der Waals surface area (Å²) in [6.07, 6.45) is 4.29. The van der Waals surface area contributed by atoms with Crippen LogP contribution in [-0.4, -0.2) is 19.3 Å². The standard InChI is InChI=1S/C14H20N2O2/c1-17-10-4-2-3-9(7-10)14(16-15)12-8-11-5-6-13(12)18-11/h2-4,7,11-14,16H,5-6,8,15H2,1H3. The average Bonchev–Trinajstić information content (AvgIpc) is 3.02. The number of ether oxygens (including phenoxy) is 2. The molecule has 2 heterocycles. The van der Waals surface area contributed by atoms with Crippen LogP contribution in [-0.2, 0) is 4.74 Å². The molecule has 1 aromatic carbocycles. The van der Waals surface area contributed by atoms with E-state index in [0.29, 0.717) is 18.1 Å². The lowest BCUT2D eigenvalue weighted by Crippen LogP contribution is -2.37. The monoisotopic (exact) mass is 248 g/mol. The number of rotatable bonds is 4. The normalized spacial score (nSPS) is 31.6. The van der Waals surface area contributed by atoms with E-state index in [4.69, 9.17) is 15.3 Å². The van der Waals surface area contributed by atoms with Crippen LogP contribution in [0.25, 0.3) is 0 Å². The second-order valence-corrected chi connectivity index (χ2v) is 5.19. The number of nitrogens with one attached hydrogen (secondary N) is 1. The molecule has 4 unspecified atom stereocenters. The number of hydrogen-bond donors (Lipinski definition) is 2. The van der Waals surface area contributed by atoms with Gasteiger partial charge < -0.3 is 9.47 Å². The lowest BCUT2D eigenvalue weighted by atomic mass is 9.81. The Kier molecular flexibility index (Phi) is 3.24. The summed E-state index contributed by atoms with van der Waals surface area (Å²) < 4.78 is 11.2. The largest absolute Gasteiger partial charge is 0.497 e. The van der Waals surface area contributed by atoms with Crippen molar-refractivity contribution in [3.8, 4) is 5.75 Å². The maximum atomic E-state index is 5.92. The molecule has 2 fully saturated rings. The van der Waals surface area contributed by atoms with E-state index < -0.39 is 0 Å². The molecule has 2 aliphatic rings. The molecule has 0 amide bonds. The summed E-state index contributed by atoms with van der Waals surface area (Å²) in [4.78, 5) is 0. The van der Waals surface area contributed by atoms with Crippen molar-refractivity contribution < 1.29 is 9.47 Å². The molecule has 2 aliphatic heterocycles. The fourth-order valence-corrected chi connectivity index (χ4v) is 3.33. The highest BCUT2D eigenvalue weighted by Crippen LogP contribution is 2.44. The number of methoxy groups -OCH3 is 1. The number of benzene rings is 1. The third-order valence-corrected chi connectivity index (χ3v) is 4.21. The van der Waals surface area contributed by atoms with Gasteiger partial charge in [-0.2, -0.15) is 0 Å². The van der Waals surface area contributed by atoms with E-state index in [-0.39, 0.29) is 6.04 Å². The van der Waals surface area contributed by atoms with Crippen molar-refractivity contribution in [1.29, 1.82) is 0 Å². The number of fused-ring (bicyclic) bond motifs is 2. The Morgan fingerprint density at radius 3 is 2.94 bits per heavy atom. The zero-order valence-corrected chi connectivity index (χ0v) is 10.6. The van der Waals surface area contributed by atoms with Gasteiger partial charge >= 0.3 is 0 Å². The maximum absolute atomic E-state index is 5.92. The first kappa shape index (κ1) is 12.0. The van der Waals surface area contributed by atoms with Gasteiger partial charge in [0.25, 0.3) is 0 Å². The Balaban J connectivity index is 1.83. The van der Waals surface area contributed by atoms with Gasteiger partial charge in [-0.25, -0.2) is 0 Å². The molecule has 4 heteroatoms. The minimum Gasteiger partial charge on any atom is -0.497 e. The fraction of sp³-hybridized carbons (Fsp3) is 0.571. The first-order valence-corrected chi connectivity index (χ1v) is 6.57. The van der Waals surface area contributed by atoms with Gasteiger partial charge in [-0.3, -0.25) is 11.3 Å². The van der Waals surface area contributed by atoms with Gasteiger partial charge in [0.05, 0.1) is 25.4 Å². The third kappa shape index (κ3) is 2.00. The lowest BCUT2D eigenvalue weighted by molar-refractivity contribution is 0.0856. The molecule has 0 radical (unpaired) electrons. The summed E-state index contributed by atoms with van der Waals surface area (Å²) in [6, 6.07) is 8.26. The second kappa shape index (κ2) is 4.88. The summed E-state index contributed by atoms with van der Waals surface area (Å²) >= 11 is 0. The van der Waals surface area contributed by atoms with Crippen molar-refractivity contribution in [1.82, 2.24) is 5.43 Å². The quantitative estimate of drug-likeness (QED) is 0.630. The van der Waals surface area contributed by atoms with Crippen LogP contribution in [0, 0.1) is 5.92 Å². The molecule has 0 saturated carbocycles. The highest BCUT2D eigenvalue weighted by molar-refractivity contribution is 5.31. The van der Waals surface area contributed by atoms with E-state index in [2.05, 4.69) is 17.6 Å².